The van der Waals surface area contributed by atoms with Gasteiger partial charge in [-0.3, -0.25) is 0 Å². The average Bonchev–Trinajstić information content (AvgIpc) is 2.01. The first-order valence-electron chi connectivity index (χ1n) is 6.55. The second-order valence-electron chi connectivity index (χ2n) is 7.05. The van der Waals surface area contributed by atoms with Gasteiger partial charge in [-0.1, -0.05) is 62.3 Å². The Morgan fingerprint density at radius 2 is 1.13 bits per heavy atom. The molecule has 92 valence electrons. The van der Waals surface area contributed by atoms with Gasteiger partial charge in [0.15, 0.2) is 0 Å². The van der Waals surface area contributed by atoms with Crippen LogP contribution in [0.15, 0.2) is 0 Å². The van der Waals surface area contributed by atoms with Gasteiger partial charge in [0.2, 0.25) is 0 Å². The smallest absolute Gasteiger partial charge is 0.0247 e. The molecule has 0 aromatic rings. The van der Waals surface area contributed by atoms with Crippen LogP contribution < -0.4 is 0 Å². The van der Waals surface area contributed by atoms with Gasteiger partial charge in [0.05, 0.1) is 0 Å². The Morgan fingerprint density at radius 1 is 0.733 bits per heavy atom. The summed E-state index contributed by atoms with van der Waals surface area (Å²) in [6.45, 7) is 21.5. The molecule has 0 fully saturated rings. The molecule has 0 heteroatoms. The minimum atomic E-state index is 0.408. The summed E-state index contributed by atoms with van der Waals surface area (Å²) in [5.41, 5.74) is 0.848. The quantitative estimate of drug-likeness (QED) is 0.574. The van der Waals surface area contributed by atoms with E-state index in [1.54, 1.807) is 0 Å². The standard InChI is InChI=1S/C15H32/c1-11(2)10-15(9,13(5)6)14(7,8)12(3)4/h11-13H,10H2,1-9H3. The summed E-state index contributed by atoms with van der Waals surface area (Å²) in [4.78, 5) is 0. The lowest BCUT2D eigenvalue weighted by atomic mass is 9.54. The molecule has 0 saturated heterocycles. The van der Waals surface area contributed by atoms with Crippen molar-refractivity contribution in [2.45, 2.75) is 68.7 Å². The molecular formula is C15H32. The molecule has 0 aliphatic rings. The fourth-order valence-corrected chi connectivity index (χ4v) is 2.75. The van der Waals surface area contributed by atoms with E-state index >= 15 is 0 Å². The first-order valence-corrected chi connectivity index (χ1v) is 6.55. The van der Waals surface area contributed by atoms with Gasteiger partial charge in [0.25, 0.3) is 0 Å². The zero-order valence-electron chi connectivity index (χ0n) is 12.4. The topological polar surface area (TPSA) is 0 Å². The summed E-state index contributed by atoms with van der Waals surface area (Å²) in [6.07, 6.45) is 1.33. The maximum absolute atomic E-state index is 2.48. The molecule has 0 saturated carbocycles. The molecule has 0 rings (SSSR count). The van der Waals surface area contributed by atoms with Crippen molar-refractivity contribution in [2.24, 2.45) is 28.6 Å². The molecule has 0 aliphatic carbocycles. The van der Waals surface area contributed by atoms with Crippen LogP contribution in [0.2, 0.25) is 0 Å². The van der Waals surface area contributed by atoms with Gasteiger partial charge < -0.3 is 0 Å². The van der Waals surface area contributed by atoms with Gasteiger partial charge in [-0.2, -0.15) is 0 Å². The van der Waals surface area contributed by atoms with Gasteiger partial charge in [0.1, 0.15) is 0 Å². The first kappa shape index (κ1) is 15.0. The molecule has 15 heavy (non-hydrogen) atoms. The van der Waals surface area contributed by atoms with E-state index in [0.717, 1.165) is 17.8 Å². The van der Waals surface area contributed by atoms with E-state index in [-0.39, 0.29) is 0 Å². The van der Waals surface area contributed by atoms with Crippen molar-refractivity contribution in [1.82, 2.24) is 0 Å². The lowest BCUT2D eigenvalue weighted by Gasteiger charge is -2.51. The Kier molecular flexibility index (Phi) is 4.89. The van der Waals surface area contributed by atoms with Crippen molar-refractivity contribution in [3.05, 3.63) is 0 Å². The molecular weight excluding hydrogens is 180 g/mol. The highest BCUT2D eigenvalue weighted by Gasteiger charge is 2.44. The second-order valence-corrected chi connectivity index (χ2v) is 7.05. The second kappa shape index (κ2) is 4.89. The maximum Gasteiger partial charge on any atom is -0.0247 e. The van der Waals surface area contributed by atoms with Crippen LogP contribution in [0.25, 0.3) is 0 Å². The third kappa shape index (κ3) is 2.98. The minimum Gasteiger partial charge on any atom is -0.0628 e. The van der Waals surface area contributed by atoms with Crippen LogP contribution in [0.1, 0.15) is 68.7 Å². The fraction of sp³-hybridized carbons (Fsp3) is 1.00. The molecule has 0 aliphatic heterocycles. The summed E-state index contributed by atoms with van der Waals surface area (Å²) < 4.78 is 0. The van der Waals surface area contributed by atoms with Crippen LogP contribution in [0.3, 0.4) is 0 Å². The van der Waals surface area contributed by atoms with Crippen LogP contribution in [-0.4, -0.2) is 0 Å². The molecule has 0 radical (unpaired) electrons. The highest BCUT2D eigenvalue weighted by molar-refractivity contribution is 4.93. The van der Waals surface area contributed by atoms with Crippen molar-refractivity contribution in [3.8, 4) is 0 Å². The average molecular weight is 212 g/mol. The highest BCUT2D eigenvalue weighted by atomic mass is 14.5. The molecule has 0 amide bonds. The molecule has 0 spiro atoms. The zero-order valence-corrected chi connectivity index (χ0v) is 12.4. The highest BCUT2D eigenvalue weighted by Crippen LogP contribution is 2.52. The summed E-state index contributed by atoms with van der Waals surface area (Å²) in [6, 6.07) is 0. The molecule has 0 N–H and O–H groups in total. The predicted molar refractivity (Wildman–Crippen MR) is 71.0 cm³/mol. The van der Waals surface area contributed by atoms with E-state index in [2.05, 4.69) is 62.3 Å². The Balaban J connectivity index is 5.10. The third-order valence-corrected chi connectivity index (χ3v) is 5.02. The molecule has 0 heterocycles. The lowest BCUT2D eigenvalue weighted by molar-refractivity contribution is -0.0217. The van der Waals surface area contributed by atoms with Gasteiger partial charge in [-0.25, -0.2) is 0 Å². The Morgan fingerprint density at radius 3 is 1.33 bits per heavy atom. The Bertz CT molecular complexity index is 186. The lowest BCUT2D eigenvalue weighted by Crippen LogP contribution is -2.44. The predicted octanol–water partition coefficient (Wildman–Crippen LogP) is 5.38. The summed E-state index contributed by atoms with van der Waals surface area (Å²) in [7, 11) is 0. The minimum absolute atomic E-state index is 0.408. The van der Waals surface area contributed by atoms with E-state index in [1.807, 2.05) is 0 Å². The van der Waals surface area contributed by atoms with Gasteiger partial charge >= 0.3 is 0 Å². The van der Waals surface area contributed by atoms with Crippen LogP contribution in [0.5, 0.6) is 0 Å². The Labute approximate surface area is 97.8 Å². The van der Waals surface area contributed by atoms with Crippen LogP contribution in [0, 0.1) is 28.6 Å². The van der Waals surface area contributed by atoms with Gasteiger partial charge in [0, 0.05) is 0 Å². The third-order valence-electron chi connectivity index (χ3n) is 5.02. The van der Waals surface area contributed by atoms with E-state index in [1.165, 1.54) is 6.42 Å². The fourth-order valence-electron chi connectivity index (χ4n) is 2.75. The SMILES string of the molecule is CC(C)CC(C)(C(C)C)C(C)(C)C(C)C. The molecule has 1 atom stereocenters. The molecule has 1 unspecified atom stereocenters. The molecule has 0 nitrogen and oxygen atoms in total. The largest absolute Gasteiger partial charge is 0.0628 e. The van der Waals surface area contributed by atoms with Crippen molar-refractivity contribution in [3.63, 3.8) is 0 Å². The normalized spacial score (nSPS) is 17.6. The number of hydrogen-bond acceptors (Lipinski definition) is 0. The van der Waals surface area contributed by atoms with E-state index < -0.39 is 0 Å². The van der Waals surface area contributed by atoms with Crippen molar-refractivity contribution in [2.75, 3.05) is 0 Å². The molecule has 0 aromatic heterocycles. The van der Waals surface area contributed by atoms with Crippen molar-refractivity contribution < 1.29 is 0 Å². The van der Waals surface area contributed by atoms with Crippen molar-refractivity contribution in [1.29, 1.82) is 0 Å². The Hall–Kier alpha value is 0. The summed E-state index contributed by atoms with van der Waals surface area (Å²) in [5.74, 6) is 2.27. The van der Waals surface area contributed by atoms with Crippen LogP contribution in [-0.2, 0) is 0 Å². The van der Waals surface area contributed by atoms with Crippen molar-refractivity contribution >= 4 is 0 Å². The van der Waals surface area contributed by atoms with Gasteiger partial charge in [-0.15, -0.1) is 0 Å². The van der Waals surface area contributed by atoms with E-state index in [4.69, 9.17) is 0 Å². The zero-order chi connectivity index (χ0) is 12.4. The summed E-state index contributed by atoms with van der Waals surface area (Å²) >= 11 is 0. The molecule has 0 bridgehead atoms. The van der Waals surface area contributed by atoms with Crippen LogP contribution >= 0.6 is 0 Å². The first-order chi connectivity index (χ1) is 6.55. The number of rotatable bonds is 5. The van der Waals surface area contributed by atoms with E-state index in [0.29, 0.717) is 10.8 Å². The summed E-state index contributed by atoms with van der Waals surface area (Å²) in [5, 5.41) is 0. The van der Waals surface area contributed by atoms with Gasteiger partial charge in [-0.05, 0) is 35.0 Å². The monoisotopic (exact) mass is 212 g/mol. The molecule has 0 aromatic carbocycles. The van der Waals surface area contributed by atoms with E-state index in [9.17, 15) is 0 Å². The number of hydrogen-bond donors (Lipinski definition) is 0. The van der Waals surface area contributed by atoms with Crippen LogP contribution in [0.4, 0.5) is 0 Å². The maximum atomic E-state index is 2.48.